The number of hydrogen-bond acceptors (Lipinski definition) is 5. The lowest BCUT2D eigenvalue weighted by Crippen LogP contribution is -2.42. The van der Waals surface area contributed by atoms with Gasteiger partial charge in [0.05, 0.1) is 16.3 Å². The van der Waals surface area contributed by atoms with Crippen LogP contribution in [0, 0.1) is 0 Å². The van der Waals surface area contributed by atoms with Crippen molar-refractivity contribution in [3.8, 4) is 0 Å². The number of nitrogens with two attached hydrogens (primary N) is 1. The van der Waals surface area contributed by atoms with E-state index in [2.05, 4.69) is 15.6 Å². The van der Waals surface area contributed by atoms with Crippen LogP contribution in [0.3, 0.4) is 0 Å². The number of hydrogen-bond donors (Lipinski definition) is 3. The van der Waals surface area contributed by atoms with Gasteiger partial charge in [0.15, 0.2) is 0 Å². The van der Waals surface area contributed by atoms with Crippen molar-refractivity contribution in [1.82, 2.24) is 10.3 Å². The van der Waals surface area contributed by atoms with Crippen LogP contribution in [0.4, 0.5) is 5.69 Å². The summed E-state index contributed by atoms with van der Waals surface area (Å²) in [6, 6.07) is 13.8. The van der Waals surface area contributed by atoms with Gasteiger partial charge >= 0.3 is 0 Å². The molecule has 1 atom stereocenters. The molecule has 0 spiro atoms. The fourth-order valence-electron chi connectivity index (χ4n) is 2.82. The van der Waals surface area contributed by atoms with Gasteiger partial charge in [-0.2, -0.15) is 0 Å². The van der Waals surface area contributed by atoms with Crippen molar-refractivity contribution in [2.75, 3.05) is 11.9 Å². The van der Waals surface area contributed by atoms with Crippen LogP contribution in [-0.2, 0) is 10.2 Å². The number of rotatable bonds is 7. The summed E-state index contributed by atoms with van der Waals surface area (Å²) in [5.74, 6) is -0.343. The Kier molecular flexibility index (Phi) is 6.87. The molecule has 0 aliphatic rings. The van der Waals surface area contributed by atoms with Crippen molar-refractivity contribution in [3.63, 3.8) is 0 Å². The molecule has 0 radical (unpaired) electrons. The van der Waals surface area contributed by atoms with Crippen molar-refractivity contribution < 1.29 is 9.59 Å². The summed E-state index contributed by atoms with van der Waals surface area (Å²) >= 11 is 7.24. The predicted octanol–water partition coefficient (Wildman–Crippen LogP) is 4.14. The molecule has 8 heteroatoms. The van der Waals surface area contributed by atoms with E-state index in [1.807, 2.05) is 32.0 Å². The first kappa shape index (κ1) is 22.0. The Balaban J connectivity index is 1.58. The second-order valence-electron chi connectivity index (χ2n) is 7.34. The summed E-state index contributed by atoms with van der Waals surface area (Å²) < 4.78 is 0. The first-order valence-corrected chi connectivity index (χ1v) is 10.6. The van der Waals surface area contributed by atoms with Crippen molar-refractivity contribution in [2.24, 2.45) is 5.73 Å². The van der Waals surface area contributed by atoms with E-state index in [1.54, 1.807) is 42.7 Å². The van der Waals surface area contributed by atoms with E-state index in [1.165, 1.54) is 11.3 Å². The number of thiophene rings is 1. The first-order valence-electron chi connectivity index (χ1n) is 9.38. The molecule has 0 fully saturated rings. The van der Waals surface area contributed by atoms with Crippen molar-refractivity contribution in [1.29, 1.82) is 0 Å². The molecule has 1 unspecified atom stereocenters. The largest absolute Gasteiger partial charge is 0.353 e. The minimum Gasteiger partial charge on any atom is -0.353 e. The zero-order valence-corrected chi connectivity index (χ0v) is 18.3. The molecular weight excluding hydrogens is 420 g/mol. The highest BCUT2D eigenvalue weighted by atomic mass is 35.5. The molecule has 0 aliphatic heterocycles. The minimum absolute atomic E-state index is 0.132. The van der Waals surface area contributed by atoms with Crippen molar-refractivity contribution in [3.05, 3.63) is 81.3 Å². The lowest BCUT2D eigenvalue weighted by Gasteiger charge is -2.25. The van der Waals surface area contributed by atoms with E-state index in [0.29, 0.717) is 15.6 Å². The van der Waals surface area contributed by atoms with Crippen LogP contribution in [0.15, 0.2) is 60.9 Å². The smallest absolute Gasteiger partial charge is 0.265 e. The zero-order valence-electron chi connectivity index (χ0n) is 16.7. The summed E-state index contributed by atoms with van der Waals surface area (Å²) in [7, 11) is 0. The van der Waals surface area contributed by atoms with Crippen LogP contribution in [0.25, 0.3) is 0 Å². The predicted molar refractivity (Wildman–Crippen MR) is 121 cm³/mol. The maximum Gasteiger partial charge on any atom is 0.265 e. The van der Waals surface area contributed by atoms with Crippen LogP contribution in [-0.4, -0.2) is 23.3 Å². The minimum atomic E-state index is -0.727. The molecule has 2 aromatic heterocycles. The third-order valence-corrected chi connectivity index (χ3v) is 6.24. The van der Waals surface area contributed by atoms with E-state index >= 15 is 0 Å². The number of anilines is 1. The van der Waals surface area contributed by atoms with Gasteiger partial charge in [0, 0.05) is 34.5 Å². The molecule has 1 aromatic carbocycles. The fraction of sp³-hybridized carbons (Fsp3) is 0.227. The third kappa shape index (κ3) is 5.24. The van der Waals surface area contributed by atoms with Gasteiger partial charge in [-0.05, 0) is 55.8 Å². The highest BCUT2D eigenvalue weighted by Crippen LogP contribution is 2.26. The van der Waals surface area contributed by atoms with E-state index in [0.717, 1.165) is 10.4 Å². The number of halogens is 1. The van der Waals surface area contributed by atoms with E-state index in [-0.39, 0.29) is 18.4 Å². The fourth-order valence-corrected chi connectivity index (χ4v) is 3.85. The number of nitrogens with zero attached hydrogens (tertiary/aromatic N) is 1. The van der Waals surface area contributed by atoms with Gasteiger partial charge in [-0.1, -0.05) is 23.7 Å². The van der Waals surface area contributed by atoms with Crippen molar-refractivity contribution >= 4 is 40.4 Å². The molecule has 3 aromatic rings. The van der Waals surface area contributed by atoms with Crippen LogP contribution >= 0.6 is 22.9 Å². The SMILES string of the molecule is CC(C)(C(=O)NCC(N)c1ccc(C(=O)Nc2ccncc2)s1)c1ccc(Cl)cc1. The molecule has 2 heterocycles. The molecule has 0 bridgehead atoms. The second-order valence-corrected chi connectivity index (χ2v) is 8.89. The topological polar surface area (TPSA) is 97.1 Å². The average Bonchev–Trinajstić information content (AvgIpc) is 3.23. The van der Waals surface area contributed by atoms with Gasteiger partial charge in [-0.15, -0.1) is 11.3 Å². The normalized spacial score (nSPS) is 12.3. The number of carbonyl (C=O) groups excluding carboxylic acids is 2. The summed E-state index contributed by atoms with van der Waals surface area (Å²) in [4.78, 5) is 30.4. The number of amides is 2. The Hall–Kier alpha value is -2.74. The molecule has 2 amide bonds. The Morgan fingerprint density at radius 2 is 1.77 bits per heavy atom. The second kappa shape index (κ2) is 9.38. The maximum atomic E-state index is 12.7. The highest BCUT2D eigenvalue weighted by molar-refractivity contribution is 7.14. The van der Waals surface area contributed by atoms with Crippen LogP contribution < -0.4 is 16.4 Å². The van der Waals surface area contributed by atoms with Gasteiger partial charge in [0.1, 0.15) is 0 Å². The van der Waals surface area contributed by atoms with Crippen LogP contribution in [0.5, 0.6) is 0 Å². The van der Waals surface area contributed by atoms with Gasteiger partial charge in [0.2, 0.25) is 5.91 Å². The summed E-state index contributed by atoms with van der Waals surface area (Å²) in [5, 5.41) is 6.35. The Labute approximate surface area is 184 Å². The van der Waals surface area contributed by atoms with Gasteiger partial charge in [-0.25, -0.2) is 0 Å². The summed E-state index contributed by atoms with van der Waals surface area (Å²) in [6.45, 7) is 3.97. The number of aromatic nitrogens is 1. The molecule has 0 aliphatic carbocycles. The highest BCUT2D eigenvalue weighted by Gasteiger charge is 2.30. The molecular formula is C22H23ClN4O2S. The van der Waals surface area contributed by atoms with Gasteiger partial charge in [0.25, 0.3) is 5.91 Å². The van der Waals surface area contributed by atoms with E-state index in [9.17, 15) is 9.59 Å². The van der Waals surface area contributed by atoms with Gasteiger partial charge in [-0.3, -0.25) is 14.6 Å². The number of benzene rings is 1. The molecule has 156 valence electrons. The monoisotopic (exact) mass is 442 g/mol. The lowest BCUT2D eigenvalue weighted by atomic mass is 9.83. The Morgan fingerprint density at radius 3 is 2.43 bits per heavy atom. The zero-order chi connectivity index (χ0) is 21.7. The molecule has 0 saturated heterocycles. The maximum absolute atomic E-state index is 12.7. The van der Waals surface area contributed by atoms with E-state index in [4.69, 9.17) is 17.3 Å². The molecule has 6 nitrogen and oxygen atoms in total. The average molecular weight is 443 g/mol. The van der Waals surface area contributed by atoms with Gasteiger partial charge < -0.3 is 16.4 Å². The first-order chi connectivity index (χ1) is 14.3. The summed E-state index contributed by atoms with van der Waals surface area (Å²) in [5.41, 5.74) is 7.06. The van der Waals surface area contributed by atoms with Crippen molar-refractivity contribution in [2.45, 2.75) is 25.3 Å². The quantitative estimate of drug-likeness (QED) is 0.512. The van der Waals surface area contributed by atoms with E-state index < -0.39 is 11.5 Å². The third-order valence-electron chi connectivity index (χ3n) is 4.77. The summed E-state index contributed by atoms with van der Waals surface area (Å²) in [6.07, 6.45) is 3.22. The number of nitrogens with one attached hydrogen (secondary N) is 2. The number of carbonyl (C=O) groups is 2. The standard InChI is InChI=1S/C22H23ClN4O2S/c1-22(2,14-3-5-15(23)6-4-14)21(29)26-13-17(24)18-7-8-19(30-18)20(28)27-16-9-11-25-12-10-16/h3-12,17H,13,24H2,1-2H3,(H,26,29)(H,25,27,28). The number of pyridine rings is 1. The Bertz CT molecular complexity index is 1020. The molecule has 3 rings (SSSR count). The Morgan fingerprint density at radius 1 is 1.10 bits per heavy atom. The van der Waals surface area contributed by atoms with Crippen LogP contribution in [0.2, 0.25) is 5.02 Å². The molecule has 30 heavy (non-hydrogen) atoms. The molecule has 4 N–H and O–H groups in total. The molecule has 0 saturated carbocycles. The van der Waals surface area contributed by atoms with Crippen LogP contribution in [0.1, 0.15) is 40.0 Å². The lowest BCUT2D eigenvalue weighted by molar-refractivity contribution is -0.125.